The molecule has 0 bridgehead atoms. The fourth-order valence-electron chi connectivity index (χ4n) is 3.54. The molecule has 6 heteroatoms. The topological polar surface area (TPSA) is 104 Å². The minimum absolute atomic E-state index is 0.0110. The second kappa shape index (κ2) is 9.58. The molecular weight excluding hydrogens is 440 g/mol. The Morgan fingerprint density at radius 1 is 0.912 bits per heavy atom. The monoisotopic (exact) mass is 454 g/mol. The number of hydrogen-bond acceptors (Lipinski definition) is 6. The Balaban J connectivity index is 1.79. The second-order valence-electron chi connectivity index (χ2n) is 7.12. The molecule has 158 valence electrons. The molecule has 2 aromatic rings. The summed E-state index contributed by atoms with van der Waals surface area (Å²) in [6.07, 6.45) is 13.2. The average molecular weight is 455 g/mol. The number of ether oxygens (including phenoxy) is 1. The SMILES string of the molecule is N#CC(C#N)=C1OC(C#N)(c2ccccc2)C(/C=C/c2ccc(/C=C/C3=C=CC=C3)s2)=C1C#N. The molecule has 1 aromatic carbocycles. The summed E-state index contributed by atoms with van der Waals surface area (Å²) in [4.78, 5) is 1.92. The van der Waals surface area contributed by atoms with Crippen LogP contribution < -0.4 is 0 Å². The normalized spacial score (nSPS) is 18.5. The number of allylic oxidation sites excluding steroid dienone is 6. The highest BCUT2D eigenvalue weighted by molar-refractivity contribution is 7.13. The van der Waals surface area contributed by atoms with Crippen molar-refractivity contribution in [2.75, 3.05) is 0 Å². The number of hydrogen-bond donors (Lipinski definition) is 0. The molecule has 0 saturated carbocycles. The zero-order chi connectivity index (χ0) is 24.0. The van der Waals surface area contributed by atoms with E-state index in [4.69, 9.17) is 4.74 Å². The van der Waals surface area contributed by atoms with Gasteiger partial charge >= 0.3 is 0 Å². The third-order valence-corrected chi connectivity index (χ3v) is 6.16. The van der Waals surface area contributed by atoms with E-state index in [0.717, 1.165) is 15.3 Å². The van der Waals surface area contributed by atoms with Gasteiger partial charge in [0.1, 0.15) is 29.8 Å². The Morgan fingerprint density at radius 2 is 1.62 bits per heavy atom. The van der Waals surface area contributed by atoms with Crippen molar-refractivity contribution >= 4 is 23.5 Å². The van der Waals surface area contributed by atoms with Gasteiger partial charge in [-0.25, -0.2) is 0 Å². The molecule has 1 aromatic heterocycles. The van der Waals surface area contributed by atoms with Gasteiger partial charge in [-0.15, -0.1) is 17.1 Å². The number of rotatable bonds is 5. The summed E-state index contributed by atoms with van der Waals surface area (Å²) >= 11 is 1.53. The molecule has 0 fully saturated rings. The predicted octanol–water partition coefficient (Wildman–Crippen LogP) is 6.00. The molecule has 1 atom stereocenters. The molecule has 0 radical (unpaired) electrons. The smallest absolute Gasteiger partial charge is 0.246 e. The van der Waals surface area contributed by atoms with Crippen LogP contribution in [-0.4, -0.2) is 0 Å². The maximum Gasteiger partial charge on any atom is 0.246 e. The van der Waals surface area contributed by atoms with Gasteiger partial charge in [0.05, 0.1) is 0 Å². The maximum absolute atomic E-state index is 10.2. The van der Waals surface area contributed by atoms with Gasteiger partial charge in [-0.1, -0.05) is 42.5 Å². The van der Waals surface area contributed by atoms with Gasteiger partial charge in [-0.3, -0.25) is 0 Å². The minimum Gasteiger partial charge on any atom is -0.460 e. The third-order valence-electron chi connectivity index (χ3n) is 5.14. The Kier molecular flexibility index (Phi) is 6.23. The first-order valence-electron chi connectivity index (χ1n) is 10.1. The summed E-state index contributed by atoms with van der Waals surface area (Å²) in [6, 6.07) is 20.4. The largest absolute Gasteiger partial charge is 0.460 e. The Labute approximate surface area is 201 Å². The predicted molar refractivity (Wildman–Crippen MR) is 129 cm³/mol. The van der Waals surface area contributed by atoms with Gasteiger partial charge in [-0.05, 0) is 42.5 Å². The summed E-state index contributed by atoms with van der Waals surface area (Å²) in [6.45, 7) is 0. The summed E-state index contributed by atoms with van der Waals surface area (Å²) in [5.74, 6) is -0.182. The number of benzene rings is 1. The first-order chi connectivity index (χ1) is 16.6. The van der Waals surface area contributed by atoms with Crippen molar-refractivity contribution in [2.45, 2.75) is 5.60 Å². The van der Waals surface area contributed by atoms with Crippen molar-refractivity contribution in [2.24, 2.45) is 0 Å². The molecular formula is C28H14N4OS. The van der Waals surface area contributed by atoms with Crippen LogP contribution in [0.1, 0.15) is 15.3 Å². The molecule has 1 unspecified atom stereocenters. The van der Waals surface area contributed by atoms with E-state index in [1.165, 1.54) is 11.3 Å². The maximum atomic E-state index is 10.2. The molecule has 34 heavy (non-hydrogen) atoms. The lowest BCUT2D eigenvalue weighted by Gasteiger charge is -2.23. The second-order valence-corrected chi connectivity index (χ2v) is 8.27. The molecule has 5 nitrogen and oxygen atoms in total. The van der Waals surface area contributed by atoms with Crippen LogP contribution in [0.5, 0.6) is 0 Å². The lowest BCUT2D eigenvalue weighted by Crippen LogP contribution is -2.25. The molecule has 0 N–H and O–H groups in total. The van der Waals surface area contributed by atoms with Gasteiger partial charge in [0.15, 0.2) is 11.3 Å². The van der Waals surface area contributed by atoms with Crippen molar-refractivity contribution < 1.29 is 4.74 Å². The van der Waals surface area contributed by atoms with E-state index < -0.39 is 5.60 Å². The average Bonchev–Trinajstić information content (AvgIpc) is 3.62. The Hall–Kier alpha value is -5.10. The van der Waals surface area contributed by atoms with Gasteiger partial charge in [0.2, 0.25) is 5.60 Å². The van der Waals surface area contributed by atoms with Gasteiger partial charge < -0.3 is 4.74 Å². The minimum atomic E-state index is -1.66. The standard InChI is InChI=1S/C28H14N4OS/c29-16-21(17-30)27-25(18-31)26(28(19-32,33-27)22-8-2-1-3-9-22)15-14-24-13-12-23(34-24)11-10-20-6-4-5-7-20/h1-6,8-15H/b11-10+,15-14+. The van der Waals surface area contributed by atoms with E-state index >= 15 is 0 Å². The fraction of sp³-hybridized carbons (Fsp3) is 0.0357. The van der Waals surface area contributed by atoms with E-state index in [0.29, 0.717) is 5.56 Å². The van der Waals surface area contributed by atoms with Crippen LogP contribution in [0.2, 0.25) is 0 Å². The van der Waals surface area contributed by atoms with E-state index in [2.05, 4.69) is 11.8 Å². The summed E-state index contributed by atoms with van der Waals surface area (Å²) in [5, 5.41) is 38.9. The first kappa shape index (κ1) is 22.1. The quantitative estimate of drug-likeness (QED) is 0.407. The van der Waals surface area contributed by atoms with Crippen LogP contribution in [0.15, 0.2) is 107 Å². The Bertz CT molecular complexity index is 1530. The van der Waals surface area contributed by atoms with Crippen molar-refractivity contribution in [3.05, 3.63) is 122 Å². The molecule has 4 rings (SSSR count). The zero-order valence-corrected chi connectivity index (χ0v) is 18.5. The van der Waals surface area contributed by atoms with Gasteiger partial charge in [-0.2, -0.15) is 21.0 Å². The van der Waals surface area contributed by atoms with E-state index in [-0.39, 0.29) is 22.5 Å². The molecule has 1 aliphatic heterocycles. The van der Waals surface area contributed by atoms with Crippen LogP contribution in [0.4, 0.5) is 0 Å². The van der Waals surface area contributed by atoms with Crippen LogP contribution in [0.3, 0.4) is 0 Å². The lowest BCUT2D eigenvalue weighted by molar-refractivity contribution is 0.111. The molecule has 0 saturated heterocycles. The van der Waals surface area contributed by atoms with Crippen molar-refractivity contribution in [3.63, 3.8) is 0 Å². The summed E-state index contributed by atoms with van der Waals surface area (Å²) < 4.78 is 5.93. The summed E-state index contributed by atoms with van der Waals surface area (Å²) in [7, 11) is 0. The molecule has 2 aliphatic rings. The van der Waals surface area contributed by atoms with Crippen molar-refractivity contribution in [1.82, 2.24) is 0 Å². The summed E-state index contributed by atoms with van der Waals surface area (Å²) in [5.41, 5.74) is 2.85. The highest BCUT2D eigenvalue weighted by Crippen LogP contribution is 2.47. The van der Waals surface area contributed by atoms with Crippen molar-refractivity contribution in [3.8, 4) is 24.3 Å². The third kappa shape index (κ3) is 4.03. The van der Waals surface area contributed by atoms with E-state index in [1.54, 1.807) is 54.6 Å². The number of thiophene rings is 1. The van der Waals surface area contributed by atoms with Crippen molar-refractivity contribution in [1.29, 1.82) is 21.0 Å². The van der Waals surface area contributed by atoms with Crippen LogP contribution in [0, 0.1) is 45.3 Å². The van der Waals surface area contributed by atoms with E-state index in [9.17, 15) is 21.0 Å². The Morgan fingerprint density at radius 3 is 2.21 bits per heavy atom. The molecule has 0 spiro atoms. The van der Waals surface area contributed by atoms with Crippen LogP contribution >= 0.6 is 11.3 Å². The van der Waals surface area contributed by atoms with E-state index in [1.807, 2.05) is 48.6 Å². The number of nitriles is 4. The van der Waals surface area contributed by atoms with Crippen LogP contribution in [-0.2, 0) is 10.3 Å². The van der Waals surface area contributed by atoms with Gasteiger partial charge in [0, 0.05) is 26.5 Å². The zero-order valence-electron chi connectivity index (χ0n) is 17.7. The fourth-order valence-corrected chi connectivity index (χ4v) is 4.36. The van der Waals surface area contributed by atoms with Crippen LogP contribution in [0.25, 0.3) is 12.2 Å². The molecule has 1 aliphatic carbocycles. The molecule has 0 amide bonds. The highest BCUT2D eigenvalue weighted by Gasteiger charge is 2.48. The number of nitrogens with zero attached hydrogens (tertiary/aromatic N) is 4. The lowest BCUT2D eigenvalue weighted by atomic mass is 9.86. The first-order valence-corrected chi connectivity index (χ1v) is 10.9. The highest BCUT2D eigenvalue weighted by atomic mass is 32.1. The molecule has 2 heterocycles. The van der Waals surface area contributed by atoms with Gasteiger partial charge in [0.25, 0.3) is 0 Å².